The van der Waals surface area contributed by atoms with Gasteiger partial charge in [-0.3, -0.25) is 9.78 Å². The van der Waals surface area contributed by atoms with Crippen molar-refractivity contribution in [3.05, 3.63) is 70.4 Å². The van der Waals surface area contributed by atoms with Crippen molar-refractivity contribution in [1.82, 2.24) is 14.9 Å². The molecule has 162 valence electrons. The Hall–Kier alpha value is -2.97. The topological polar surface area (TPSA) is 73.8 Å². The second-order valence-corrected chi connectivity index (χ2v) is 8.03. The Morgan fingerprint density at radius 2 is 2.26 bits per heavy atom. The monoisotopic (exact) mass is 439 g/mol. The van der Waals surface area contributed by atoms with E-state index in [2.05, 4.69) is 9.97 Å². The van der Waals surface area contributed by atoms with Gasteiger partial charge in [0.05, 0.1) is 24.4 Å². The highest BCUT2D eigenvalue weighted by Gasteiger charge is 2.24. The summed E-state index contributed by atoms with van der Waals surface area (Å²) in [7, 11) is 1.57. The molecule has 8 heteroatoms. The Morgan fingerprint density at radius 1 is 1.32 bits per heavy atom. The molecule has 3 aromatic rings. The summed E-state index contributed by atoms with van der Waals surface area (Å²) >= 11 is 1.52. The first-order valence-corrected chi connectivity index (χ1v) is 11.1. The number of rotatable bonds is 9. The molecule has 1 atom stereocenters. The molecule has 0 spiro atoms. The maximum atomic E-state index is 13.4. The minimum absolute atomic E-state index is 0.0586. The minimum atomic E-state index is -0.0799. The molecule has 0 saturated carbocycles. The van der Waals surface area contributed by atoms with Crippen molar-refractivity contribution in [2.75, 3.05) is 20.3 Å². The highest BCUT2D eigenvalue weighted by Crippen LogP contribution is 2.30. The number of thiazole rings is 1. The highest BCUT2D eigenvalue weighted by atomic mass is 32.1. The molecule has 2 aromatic heterocycles. The first kappa shape index (κ1) is 21.3. The SMILES string of the molecule is COc1cc(C(=O)N(Cc2cccnc2)CC2CCCO2)ccc1OCc1cscn1. The molecule has 0 bridgehead atoms. The maximum absolute atomic E-state index is 13.4. The number of ether oxygens (including phenoxy) is 3. The molecule has 1 saturated heterocycles. The molecule has 7 nitrogen and oxygen atoms in total. The number of carbonyl (C=O) groups excluding carboxylic acids is 1. The highest BCUT2D eigenvalue weighted by molar-refractivity contribution is 7.07. The average Bonchev–Trinajstić information content (AvgIpc) is 3.52. The fourth-order valence-corrected chi connectivity index (χ4v) is 4.07. The molecular formula is C23H25N3O4S. The third kappa shape index (κ3) is 5.59. The van der Waals surface area contributed by atoms with E-state index in [1.165, 1.54) is 11.3 Å². The molecule has 1 aliphatic heterocycles. The van der Waals surface area contributed by atoms with Gasteiger partial charge in [0.2, 0.25) is 0 Å². The van der Waals surface area contributed by atoms with E-state index in [1.54, 1.807) is 43.2 Å². The van der Waals surface area contributed by atoms with E-state index in [0.717, 1.165) is 30.7 Å². The molecule has 1 aromatic carbocycles. The summed E-state index contributed by atoms with van der Waals surface area (Å²) in [6.07, 6.45) is 5.56. The third-order valence-corrected chi connectivity index (χ3v) is 5.74. The van der Waals surface area contributed by atoms with Crippen molar-refractivity contribution in [2.45, 2.75) is 32.1 Å². The van der Waals surface area contributed by atoms with Gasteiger partial charge in [-0.05, 0) is 42.7 Å². The van der Waals surface area contributed by atoms with Crippen LogP contribution in [0.3, 0.4) is 0 Å². The van der Waals surface area contributed by atoms with E-state index >= 15 is 0 Å². The van der Waals surface area contributed by atoms with Gasteiger partial charge in [-0.2, -0.15) is 0 Å². The van der Waals surface area contributed by atoms with Crippen molar-refractivity contribution in [1.29, 1.82) is 0 Å². The zero-order valence-corrected chi connectivity index (χ0v) is 18.2. The summed E-state index contributed by atoms with van der Waals surface area (Å²) in [4.78, 5) is 23.6. The maximum Gasteiger partial charge on any atom is 0.254 e. The summed E-state index contributed by atoms with van der Waals surface area (Å²) < 4.78 is 17.1. The first-order chi connectivity index (χ1) is 15.2. The molecule has 1 amide bonds. The second-order valence-electron chi connectivity index (χ2n) is 7.32. The smallest absolute Gasteiger partial charge is 0.254 e. The van der Waals surface area contributed by atoms with Gasteiger partial charge >= 0.3 is 0 Å². The third-order valence-electron chi connectivity index (χ3n) is 5.10. The standard InChI is InChI=1S/C23H25N3O4S/c1-28-22-10-18(6-7-21(22)30-14-19-15-31-16-25-19)23(27)26(13-20-5-3-9-29-20)12-17-4-2-8-24-11-17/h2,4,6-8,10-11,15-16,20H,3,5,9,12-14H2,1H3. The Morgan fingerprint density at radius 3 is 2.97 bits per heavy atom. The molecule has 1 aliphatic rings. The average molecular weight is 440 g/mol. The molecule has 0 aliphatic carbocycles. The van der Waals surface area contributed by atoms with Gasteiger partial charge in [-0.25, -0.2) is 4.98 Å². The van der Waals surface area contributed by atoms with Crippen LogP contribution in [0.1, 0.15) is 34.5 Å². The number of hydrogen-bond donors (Lipinski definition) is 0. The van der Waals surface area contributed by atoms with Gasteiger partial charge in [0, 0.05) is 43.0 Å². The summed E-state index contributed by atoms with van der Waals surface area (Å²) in [6, 6.07) is 9.12. The number of amides is 1. The lowest BCUT2D eigenvalue weighted by atomic mass is 10.1. The quantitative estimate of drug-likeness (QED) is 0.503. The van der Waals surface area contributed by atoms with E-state index in [4.69, 9.17) is 14.2 Å². The second kappa shape index (κ2) is 10.4. The van der Waals surface area contributed by atoms with Crippen LogP contribution in [0.2, 0.25) is 0 Å². The number of methoxy groups -OCH3 is 1. The van der Waals surface area contributed by atoms with Crippen LogP contribution in [-0.4, -0.2) is 47.1 Å². The Labute approximate surface area is 185 Å². The normalized spacial score (nSPS) is 15.6. The van der Waals surface area contributed by atoms with Gasteiger partial charge in [-0.15, -0.1) is 11.3 Å². The van der Waals surface area contributed by atoms with Crippen molar-refractivity contribution in [3.63, 3.8) is 0 Å². The van der Waals surface area contributed by atoms with Gasteiger partial charge in [0.15, 0.2) is 11.5 Å². The van der Waals surface area contributed by atoms with Crippen molar-refractivity contribution < 1.29 is 19.0 Å². The fraction of sp³-hybridized carbons (Fsp3) is 0.348. The number of hydrogen-bond acceptors (Lipinski definition) is 7. The van der Waals surface area contributed by atoms with Crippen LogP contribution in [0.4, 0.5) is 0 Å². The number of nitrogens with zero attached hydrogens (tertiary/aromatic N) is 3. The van der Waals surface area contributed by atoms with Crippen LogP contribution in [0.15, 0.2) is 53.6 Å². The summed E-state index contributed by atoms with van der Waals surface area (Å²) in [6.45, 7) is 2.10. The largest absolute Gasteiger partial charge is 0.493 e. The summed E-state index contributed by atoms with van der Waals surface area (Å²) in [5, 5.41) is 1.94. The predicted molar refractivity (Wildman–Crippen MR) is 117 cm³/mol. The van der Waals surface area contributed by atoms with Crippen molar-refractivity contribution >= 4 is 17.2 Å². The van der Waals surface area contributed by atoms with E-state index in [9.17, 15) is 4.79 Å². The molecule has 0 radical (unpaired) electrons. The molecule has 1 fully saturated rings. The zero-order chi connectivity index (χ0) is 21.5. The lowest BCUT2D eigenvalue weighted by molar-refractivity contribution is 0.0507. The Bertz CT molecular complexity index is 976. The molecule has 0 N–H and O–H groups in total. The Balaban J connectivity index is 1.51. The molecule has 1 unspecified atom stereocenters. The van der Waals surface area contributed by atoms with Crippen molar-refractivity contribution in [3.8, 4) is 11.5 Å². The number of aromatic nitrogens is 2. The van der Waals surface area contributed by atoms with Crippen LogP contribution in [0.25, 0.3) is 0 Å². The molecule has 3 heterocycles. The van der Waals surface area contributed by atoms with Gasteiger partial charge in [-0.1, -0.05) is 6.07 Å². The van der Waals surface area contributed by atoms with Crippen LogP contribution in [-0.2, 0) is 17.9 Å². The lowest BCUT2D eigenvalue weighted by Crippen LogP contribution is -2.37. The first-order valence-electron chi connectivity index (χ1n) is 10.2. The molecule has 31 heavy (non-hydrogen) atoms. The number of pyridine rings is 1. The number of carbonyl (C=O) groups is 1. The Kier molecular flexibility index (Phi) is 7.11. The van der Waals surface area contributed by atoms with Gasteiger partial charge in [0.1, 0.15) is 6.61 Å². The van der Waals surface area contributed by atoms with E-state index < -0.39 is 0 Å². The van der Waals surface area contributed by atoms with Crippen LogP contribution < -0.4 is 9.47 Å². The zero-order valence-electron chi connectivity index (χ0n) is 17.4. The summed E-state index contributed by atoms with van der Waals surface area (Å²) in [5.41, 5.74) is 4.14. The van der Waals surface area contributed by atoms with Crippen LogP contribution >= 0.6 is 11.3 Å². The predicted octanol–water partition coefficient (Wildman–Crippen LogP) is 3.95. The van der Waals surface area contributed by atoms with Gasteiger partial charge < -0.3 is 19.1 Å². The molecule has 4 rings (SSSR count). The van der Waals surface area contributed by atoms with E-state index in [0.29, 0.717) is 36.8 Å². The minimum Gasteiger partial charge on any atom is -0.493 e. The summed E-state index contributed by atoms with van der Waals surface area (Å²) in [5.74, 6) is 1.01. The van der Waals surface area contributed by atoms with Crippen LogP contribution in [0, 0.1) is 0 Å². The number of benzene rings is 1. The van der Waals surface area contributed by atoms with Crippen LogP contribution in [0.5, 0.6) is 11.5 Å². The van der Waals surface area contributed by atoms with E-state index in [-0.39, 0.29) is 12.0 Å². The lowest BCUT2D eigenvalue weighted by Gasteiger charge is -2.26. The van der Waals surface area contributed by atoms with E-state index in [1.807, 2.05) is 22.4 Å². The van der Waals surface area contributed by atoms with Crippen molar-refractivity contribution in [2.24, 2.45) is 0 Å². The fourth-order valence-electron chi connectivity index (χ4n) is 3.53. The molecular weight excluding hydrogens is 414 g/mol. The van der Waals surface area contributed by atoms with Gasteiger partial charge in [0.25, 0.3) is 5.91 Å².